The maximum absolute atomic E-state index is 11.7. The lowest BCUT2D eigenvalue weighted by molar-refractivity contribution is -0.115. The number of anilines is 1. The van der Waals surface area contributed by atoms with Crippen molar-refractivity contribution < 1.29 is 9.53 Å². The summed E-state index contributed by atoms with van der Waals surface area (Å²) in [5.74, 6) is 1.45. The molecule has 0 atom stereocenters. The number of ether oxygens (including phenoxy) is 1. The lowest BCUT2D eigenvalue weighted by Gasteiger charge is -2.05. The topological polar surface area (TPSA) is 64.1 Å². The van der Waals surface area contributed by atoms with Crippen LogP contribution in [0.4, 0.5) is 5.69 Å². The van der Waals surface area contributed by atoms with Gasteiger partial charge in [0.25, 0.3) is 0 Å². The highest BCUT2D eigenvalue weighted by atomic mass is 32.2. The minimum Gasteiger partial charge on any atom is -0.497 e. The normalized spacial score (nSPS) is 10.2. The predicted octanol–water partition coefficient (Wildman–Crippen LogP) is 2.67. The number of aromatic nitrogens is 2. The van der Waals surface area contributed by atoms with Crippen molar-refractivity contribution in [1.82, 2.24) is 10.2 Å². The molecule has 0 saturated carbocycles. The van der Waals surface area contributed by atoms with E-state index in [1.807, 2.05) is 24.3 Å². The molecule has 1 heterocycles. The second-order valence-electron chi connectivity index (χ2n) is 3.58. The van der Waals surface area contributed by atoms with Gasteiger partial charge in [-0.2, -0.15) is 0 Å². The Hall–Kier alpha value is -1.60. The number of methoxy groups -OCH3 is 1. The molecule has 0 bridgehead atoms. The van der Waals surface area contributed by atoms with Gasteiger partial charge in [-0.3, -0.25) is 4.79 Å². The quantitative estimate of drug-likeness (QED) is 0.830. The molecule has 1 amide bonds. The van der Waals surface area contributed by atoms with Crippen molar-refractivity contribution in [3.05, 3.63) is 29.8 Å². The number of rotatable bonds is 6. The highest BCUT2D eigenvalue weighted by Gasteiger charge is 2.04. The molecule has 100 valence electrons. The number of carbonyl (C=O) groups excluding carboxylic acids is 1. The number of nitrogens with one attached hydrogen (secondary N) is 1. The van der Waals surface area contributed by atoms with Crippen molar-refractivity contribution in [1.29, 1.82) is 0 Å². The van der Waals surface area contributed by atoms with Crippen LogP contribution in [0, 0.1) is 0 Å². The number of amides is 1. The van der Waals surface area contributed by atoms with E-state index in [1.54, 1.807) is 12.6 Å². The molecule has 0 aliphatic rings. The molecule has 0 spiro atoms. The molecule has 1 N–H and O–H groups in total. The van der Waals surface area contributed by atoms with Crippen molar-refractivity contribution in [3.8, 4) is 5.75 Å². The minimum atomic E-state index is -0.0119. The van der Waals surface area contributed by atoms with E-state index in [-0.39, 0.29) is 5.91 Å². The lowest BCUT2D eigenvalue weighted by Crippen LogP contribution is -2.12. The van der Waals surface area contributed by atoms with Gasteiger partial charge in [-0.05, 0) is 24.3 Å². The molecular weight excluding hydrogens is 282 g/mol. The van der Waals surface area contributed by atoms with Crippen molar-refractivity contribution >= 4 is 34.7 Å². The second-order valence-corrected chi connectivity index (χ2v) is 5.76. The van der Waals surface area contributed by atoms with Gasteiger partial charge in [0.2, 0.25) is 5.91 Å². The fourth-order valence-corrected chi connectivity index (χ4v) is 2.85. The second kappa shape index (κ2) is 7.10. The predicted molar refractivity (Wildman–Crippen MR) is 76.9 cm³/mol. The molecule has 2 aromatic rings. The van der Waals surface area contributed by atoms with E-state index in [2.05, 4.69) is 15.5 Å². The summed E-state index contributed by atoms with van der Waals surface area (Å²) in [4.78, 5) is 11.7. The monoisotopic (exact) mass is 295 g/mol. The number of carbonyl (C=O) groups is 1. The molecule has 7 heteroatoms. The first-order chi connectivity index (χ1) is 9.28. The minimum absolute atomic E-state index is 0.0119. The van der Waals surface area contributed by atoms with Crippen molar-refractivity contribution in [2.24, 2.45) is 0 Å². The first kappa shape index (κ1) is 13.8. The van der Waals surface area contributed by atoms with E-state index in [4.69, 9.17) is 4.74 Å². The number of hydrogen-bond donors (Lipinski definition) is 1. The maximum Gasteiger partial charge on any atom is 0.225 e. The third-order valence-electron chi connectivity index (χ3n) is 2.27. The van der Waals surface area contributed by atoms with Gasteiger partial charge in [-0.25, -0.2) is 0 Å². The molecule has 0 aliphatic carbocycles. The summed E-state index contributed by atoms with van der Waals surface area (Å²) in [6.45, 7) is 0. The van der Waals surface area contributed by atoms with Crippen LogP contribution < -0.4 is 10.1 Å². The third-order valence-corrected chi connectivity index (χ3v) is 4.13. The molecule has 0 fully saturated rings. The smallest absolute Gasteiger partial charge is 0.225 e. The molecule has 1 aromatic carbocycles. The van der Waals surface area contributed by atoms with Gasteiger partial charge in [0, 0.05) is 17.9 Å². The van der Waals surface area contributed by atoms with Gasteiger partial charge in [0.1, 0.15) is 11.3 Å². The summed E-state index contributed by atoms with van der Waals surface area (Å²) >= 11 is 3.01. The summed E-state index contributed by atoms with van der Waals surface area (Å²) in [5.41, 5.74) is 2.45. The average Bonchev–Trinajstić information content (AvgIpc) is 2.93. The highest BCUT2D eigenvalue weighted by Crippen LogP contribution is 2.20. The molecule has 0 radical (unpaired) electrons. The van der Waals surface area contributed by atoms with Crippen LogP contribution in [0.1, 0.15) is 6.42 Å². The fourth-order valence-electron chi connectivity index (χ4n) is 1.35. The van der Waals surface area contributed by atoms with Crippen LogP contribution in [-0.2, 0) is 4.79 Å². The lowest BCUT2D eigenvalue weighted by atomic mass is 10.3. The standard InChI is InChI=1S/C12H13N3O2S2/c1-17-10-4-2-9(3-5-10)14-11(16)6-7-18-12-15-13-8-19-12/h2-5,8H,6-7H2,1H3,(H,14,16). The van der Waals surface area contributed by atoms with Gasteiger partial charge in [0.05, 0.1) is 7.11 Å². The van der Waals surface area contributed by atoms with E-state index in [1.165, 1.54) is 23.1 Å². The van der Waals surface area contributed by atoms with E-state index in [9.17, 15) is 4.79 Å². The Balaban J connectivity index is 1.74. The Kier molecular flexibility index (Phi) is 5.17. The van der Waals surface area contributed by atoms with Crippen LogP contribution in [-0.4, -0.2) is 29.0 Å². The zero-order valence-electron chi connectivity index (χ0n) is 10.3. The molecule has 0 saturated heterocycles. The number of hydrogen-bond acceptors (Lipinski definition) is 6. The van der Waals surface area contributed by atoms with Crippen molar-refractivity contribution in [2.45, 2.75) is 10.8 Å². The van der Waals surface area contributed by atoms with Gasteiger partial charge < -0.3 is 10.1 Å². The van der Waals surface area contributed by atoms with Gasteiger partial charge in [0.15, 0.2) is 4.34 Å². The summed E-state index contributed by atoms with van der Waals surface area (Å²) in [6, 6.07) is 7.25. The summed E-state index contributed by atoms with van der Waals surface area (Å²) < 4.78 is 5.94. The molecule has 1 aromatic heterocycles. The fraction of sp³-hybridized carbons (Fsp3) is 0.250. The maximum atomic E-state index is 11.7. The average molecular weight is 295 g/mol. The van der Waals surface area contributed by atoms with Crippen LogP contribution in [0.15, 0.2) is 34.1 Å². The largest absolute Gasteiger partial charge is 0.497 e. The first-order valence-corrected chi connectivity index (χ1v) is 7.47. The van der Waals surface area contributed by atoms with Crippen LogP contribution in [0.2, 0.25) is 0 Å². The van der Waals surface area contributed by atoms with Crippen LogP contribution >= 0.6 is 23.1 Å². The van der Waals surface area contributed by atoms with E-state index in [0.29, 0.717) is 12.2 Å². The van der Waals surface area contributed by atoms with Crippen molar-refractivity contribution in [3.63, 3.8) is 0 Å². The third kappa shape index (κ3) is 4.53. The zero-order valence-corrected chi connectivity index (χ0v) is 12.0. The Morgan fingerprint density at radius 1 is 1.42 bits per heavy atom. The van der Waals surface area contributed by atoms with Crippen molar-refractivity contribution in [2.75, 3.05) is 18.2 Å². The number of nitrogens with zero attached hydrogens (tertiary/aromatic N) is 2. The van der Waals surface area contributed by atoms with E-state index < -0.39 is 0 Å². The molecule has 0 unspecified atom stereocenters. The van der Waals surface area contributed by atoms with Gasteiger partial charge in [-0.1, -0.05) is 23.1 Å². The summed E-state index contributed by atoms with van der Waals surface area (Å²) in [6.07, 6.45) is 0.441. The van der Waals surface area contributed by atoms with E-state index in [0.717, 1.165) is 15.8 Å². The number of benzene rings is 1. The number of thioether (sulfide) groups is 1. The molecule has 2 rings (SSSR count). The SMILES string of the molecule is COc1ccc(NC(=O)CCSc2nncs2)cc1. The Bertz CT molecular complexity index is 514. The highest BCUT2D eigenvalue weighted by molar-refractivity contribution is 8.01. The van der Waals surface area contributed by atoms with Gasteiger partial charge >= 0.3 is 0 Å². The summed E-state index contributed by atoms with van der Waals surface area (Å²) in [5, 5.41) is 10.5. The Labute approximate surface area is 119 Å². The Morgan fingerprint density at radius 3 is 2.84 bits per heavy atom. The van der Waals surface area contributed by atoms with Gasteiger partial charge in [-0.15, -0.1) is 10.2 Å². The summed E-state index contributed by atoms with van der Waals surface area (Å²) in [7, 11) is 1.61. The molecule has 0 aliphatic heterocycles. The first-order valence-electron chi connectivity index (χ1n) is 5.61. The van der Waals surface area contributed by atoms with Crippen LogP contribution in [0.3, 0.4) is 0 Å². The van der Waals surface area contributed by atoms with Crippen LogP contribution in [0.25, 0.3) is 0 Å². The van der Waals surface area contributed by atoms with Crippen LogP contribution in [0.5, 0.6) is 5.75 Å². The molecular formula is C12H13N3O2S2. The Morgan fingerprint density at radius 2 is 2.21 bits per heavy atom. The molecule has 19 heavy (non-hydrogen) atoms. The zero-order chi connectivity index (χ0) is 13.5. The molecule has 5 nitrogen and oxygen atoms in total. The van der Waals surface area contributed by atoms with E-state index >= 15 is 0 Å².